The SMILES string of the molecule is CC(C)n1nc(C(=O)NNC(=S)Nc2ccccc2F)c2ccccc2c1=O. The van der Waals surface area contributed by atoms with Gasteiger partial charge < -0.3 is 5.32 Å². The Morgan fingerprint density at radius 2 is 1.71 bits per heavy atom. The maximum absolute atomic E-state index is 13.7. The summed E-state index contributed by atoms with van der Waals surface area (Å²) >= 11 is 5.07. The van der Waals surface area contributed by atoms with E-state index in [1.807, 2.05) is 0 Å². The van der Waals surface area contributed by atoms with Crippen LogP contribution in [0, 0.1) is 5.82 Å². The average Bonchev–Trinajstić information content (AvgIpc) is 2.68. The third kappa shape index (κ3) is 3.99. The van der Waals surface area contributed by atoms with Crippen molar-refractivity contribution in [3.05, 3.63) is 70.4 Å². The number of carbonyl (C=O) groups is 1. The fourth-order valence-corrected chi connectivity index (χ4v) is 2.77. The molecule has 3 rings (SSSR count). The van der Waals surface area contributed by atoms with Gasteiger partial charge in [-0.05, 0) is 44.3 Å². The summed E-state index contributed by atoms with van der Waals surface area (Å²) in [6, 6.07) is 12.5. The maximum Gasteiger partial charge on any atom is 0.290 e. The molecule has 1 amide bonds. The first-order valence-electron chi connectivity index (χ1n) is 8.52. The summed E-state index contributed by atoms with van der Waals surface area (Å²) in [6.07, 6.45) is 0. The number of fused-ring (bicyclic) bond motifs is 1. The highest BCUT2D eigenvalue weighted by molar-refractivity contribution is 7.80. The van der Waals surface area contributed by atoms with Gasteiger partial charge in [-0.15, -0.1) is 0 Å². The van der Waals surface area contributed by atoms with Crippen LogP contribution < -0.4 is 21.7 Å². The average molecular weight is 399 g/mol. The number of hydrazine groups is 1. The lowest BCUT2D eigenvalue weighted by molar-refractivity contribution is 0.0938. The number of rotatable bonds is 3. The van der Waals surface area contributed by atoms with E-state index in [-0.39, 0.29) is 28.1 Å². The number of nitrogens with zero attached hydrogens (tertiary/aromatic N) is 2. The molecule has 0 saturated carbocycles. The number of anilines is 1. The molecule has 1 heterocycles. The molecule has 7 nitrogen and oxygen atoms in total. The van der Waals surface area contributed by atoms with Gasteiger partial charge >= 0.3 is 0 Å². The van der Waals surface area contributed by atoms with E-state index in [1.54, 1.807) is 50.2 Å². The molecule has 1 aromatic heterocycles. The molecule has 2 aromatic carbocycles. The molecule has 0 aliphatic heterocycles. The topological polar surface area (TPSA) is 88.1 Å². The van der Waals surface area contributed by atoms with Crippen molar-refractivity contribution in [2.45, 2.75) is 19.9 Å². The van der Waals surface area contributed by atoms with E-state index in [1.165, 1.54) is 16.8 Å². The summed E-state index contributed by atoms with van der Waals surface area (Å²) in [7, 11) is 0. The molecule has 0 saturated heterocycles. The lowest BCUT2D eigenvalue weighted by Crippen LogP contribution is -2.44. The zero-order valence-electron chi connectivity index (χ0n) is 15.2. The third-order valence-electron chi connectivity index (χ3n) is 3.94. The zero-order chi connectivity index (χ0) is 20.3. The number of thiocarbonyl (C=S) groups is 1. The smallest absolute Gasteiger partial charge is 0.290 e. The number of amides is 1. The van der Waals surface area contributed by atoms with Crippen LogP contribution in [0.3, 0.4) is 0 Å². The Hall–Kier alpha value is -3.33. The van der Waals surface area contributed by atoms with Crippen LogP contribution in [0.2, 0.25) is 0 Å². The van der Waals surface area contributed by atoms with Gasteiger partial charge in [0.15, 0.2) is 10.8 Å². The van der Waals surface area contributed by atoms with Crippen LogP contribution in [0.25, 0.3) is 10.8 Å². The second-order valence-corrected chi connectivity index (χ2v) is 6.66. The molecule has 28 heavy (non-hydrogen) atoms. The van der Waals surface area contributed by atoms with Gasteiger partial charge in [0.1, 0.15) is 5.82 Å². The van der Waals surface area contributed by atoms with Crippen molar-refractivity contribution in [1.82, 2.24) is 20.6 Å². The van der Waals surface area contributed by atoms with Crippen LogP contribution in [-0.4, -0.2) is 20.8 Å². The Labute approximate surface area is 165 Å². The lowest BCUT2D eigenvalue weighted by atomic mass is 10.1. The number of nitrogens with one attached hydrogen (secondary N) is 3. The number of carbonyl (C=O) groups excluding carboxylic acids is 1. The van der Waals surface area contributed by atoms with Gasteiger partial charge in [-0.2, -0.15) is 5.10 Å². The van der Waals surface area contributed by atoms with E-state index in [0.717, 1.165) is 0 Å². The molecular formula is C19H18FN5O2S. The van der Waals surface area contributed by atoms with Crippen molar-refractivity contribution in [3.8, 4) is 0 Å². The Bertz CT molecular complexity index is 1110. The molecule has 0 radical (unpaired) electrons. The molecular weight excluding hydrogens is 381 g/mol. The molecule has 0 spiro atoms. The van der Waals surface area contributed by atoms with Gasteiger partial charge in [0, 0.05) is 5.39 Å². The Balaban J connectivity index is 1.82. The molecule has 9 heteroatoms. The van der Waals surface area contributed by atoms with E-state index in [4.69, 9.17) is 12.2 Å². The monoisotopic (exact) mass is 399 g/mol. The largest absolute Gasteiger partial charge is 0.329 e. The molecule has 0 atom stereocenters. The van der Waals surface area contributed by atoms with E-state index in [9.17, 15) is 14.0 Å². The molecule has 0 unspecified atom stereocenters. The number of aromatic nitrogens is 2. The second kappa shape index (κ2) is 8.13. The van der Waals surface area contributed by atoms with Gasteiger partial charge in [-0.3, -0.25) is 20.4 Å². The quantitative estimate of drug-likeness (QED) is 0.464. The van der Waals surface area contributed by atoms with Crippen molar-refractivity contribution in [2.24, 2.45) is 0 Å². The maximum atomic E-state index is 13.7. The first-order valence-corrected chi connectivity index (χ1v) is 8.92. The van der Waals surface area contributed by atoms with Crippen molar-refractivity contribution >= 4 is 39.7 Å². The summed E-state index contributed by atoms with van der Waals surface area (Å²) in [6.45, 7) is 3.60. The van der Waals surface area contributed by atoms with E-state index >= 15 is 0 Å². The van der Waals surface area contributed by atoms with Gasteiger partial charge in [0.25, 0.3) is 11.5 Å². The molecule has 144 valence electrons. The minimum Gasteiger partial charge on any atom is -0.329 e. The summed E-state index contributed by atoms with van der Waals surface area (Å²) in [5, 5.41) is 7.67. The Kier molecular flexibility index (Phi) is 5.65. The highest BCUT2D eigenvalue weighted by Crippen LogP contribution is 2.15. The summed E-state index contributed by atoms with van der Waals surface area (Å²) in [4.78, 5) is 25.2. The highest BCUT2D eigenvalue weighted by Gasteiger charge is 2.18. The number of hydrogen-bond acceptors (Lipinski definition) is 4. The summed E-state index contributed by atoms with van der Waals surface area (Å²) in [5.74, 6) is -1.06. The van der Waals surface area contributed by atoms with Crippen LogP contribution in [0.15, 0.2) is 53.3 Å². The molecule has 0 bridgehead atoms. The van der Waals surface area contributed by atoms with Crippen LogP contribution >= 0.6 is 12.2 Å². The number of hydrogen-bond donors (Lipinski definition) is 3. The van der Waals surface area contributed by atoms with Crippen molar-refractivity contribution < 1.29 is 9.18 Å². The minimum atomic E-state index is -0.580. The first-order chi connectivity index (χ1) is 13.4. The fourth-order valence-electron chi connectivity index (χ4n) is 2.61. The first kappa shape index (κ1) is 19.4. The fraction of sp³-hybridized carbons (Fsp3) is 0.158. The number of halogens is 1. The molecule has 0 aliphatic rings. The lowest BCUT2D eigenvalue weighted by Gasteiger charge is -2.15. The van der Waals surface area contributed by atoms with Gasteiger partial charge in [-0.1, -0.05) is 30.3 Å². The van der Waals surface area contributed by atoms with Gasteiger partial charge in [0.2, 0.25) is 0 Å². The molecule has 0 fully saturated rings. The van der Waals surface area contributed by atoms with E-state index in [2.05, 4.69) is 21.3 Å². The normalized spacial score (nSPS) is 10.7. The van der Waals surface area contributed by atoms with Crippen LogP contribution in [0.1, 0.15) is 30.4 Å². The standard InChI is InChI=1S/C19H18FN5O2S/c1-11(2)25-18(27)13-8-4-3-7-12(13)16(24-25)17(26)22-23-19(28)21-15-10-6-5-9-14(15)20/h3-11H,1-2H3,(H,22,26)(H2,21,23,28). The van der Waals surface area contributed by atoms with Crippen molar-refractivity contribution in [1.29, 1.82) is 0 Å². The van der Waals surface area contributed by atoms with Crippen LogP contribution in [-0.2, 0) is 0 Å². The van der Waals surface area contributed by atoms with Crippen molar-refractivity contribution in [3.63, 3.8) is 0 Å². The van der Waals surface area contributed by atoms with Crippen molar-refractivity contribution in [2.75, 3.05) is 5.32 Å². The van der Waals surface area contributed by atoms with Crippen LogP contribution in [0.4, 0.5) is 10.1 Å². The summed E-state index contributed by atoms with van der Waals surface area (Å²) in [5.41, 5.74) is 4.91. The predicted molar refractivity (Wildman–Crippen MR) is 110 cm³/mol. The molecule has 3 aromatic rings. The third-order valence-corrected chi connectivity index (χ3v) is 4.15. The van der Waals surface area contributed by atoms with Gasteiger partial charge in [-0.25, -0.2) is 9.07 Å². The summed E-state index contributed by atoms with van der Waals surface area (Å²) < 4.78 is 14.9. The van der Waals surface area contributed by atoms with Crippen LogP contribution in [0.5, 0.6) is 0 Å². The van der Waals surface area contributed by atoms with E-state index in [0.29, 0.717) is 10.8 Å². The molecule has 3 N–H and O–H groups in total. The zero-order valence-corrected chi connectivity index (χ0v) is 16.0. The highest BCUT2D eigenvalue weighted by atomic mass is 32.1. The second-order valence-electron chi connectivity index (χ2n) is 6.25. The molecule has 0 aliphatic carbocycles. The number of para-hydroxylation sites is 1. The predicted octanol–water partition coefficient (Wildman–Crippen LogP) is 2.75. The minimum absolute atomic E-state index is 0.0000586. The van der Waals surface area contributed by atoms with Gasteiger partial charge in [0.05, 0.1) is 17.1 Å². The van der Waals surface area contributed by atoms with E-state index < -0.39 is 11.7 Å². The number of benzene rings is 2. The Morgan fingerprint density at radius 3 is 2.39 bits per heavy atom. The Morgan fingerprint density at radius 1 is 1.07 bits per heavy atom.